The molecule has 2 aliphatic rings. The minimum atomic E-state index is -0.902. The Labute approximate surface area is 83.3 Å². The number of halogens is 1. The van der Waals surface area contributed by atoms with Gasteiger partial charge in [0.15, 0.2) is 0 Å². The van der Waals surface area contributed by atoms with Crippen molar-refractivity contribution in [3.05, 3.63) is 35.9 Å². The van der Waals surface area contributed by atoms with Crippen LogP contribution in [0.3, 0.4) is 0 Å². The largest absolute Gasteiger partial charge is 0.310 e. The van der Waals surface area contributed by atoms with E-state index in [0.29, 0.717) is 19.0 Å². The van der Waals surface area contributed by atoms with Gasteiger partial charge in [-0.15, -0.1) is 0 Å². The first-order valence-corrected chi connectivity index (χ1v) is 5.24. The molecule has 0 bridgehead atoms. The van der Waals surface area contributed by atoms with E-state index in [1.165, 1.54) is 5.56 Å². The summed E-state index contributed by atoms with van der Waals surface area (Å²) >= 11 is 0. The first-order chi connectivity index (χ1) is 6.80. The summed E-state index contributed by atoms with van der Waals surface area (Å²) in [5.74, 6) is 0.745. The molecule has 14 heavy (non-hydrogen) atoms. The molecule has 1 saturated heterocycles. The Hall–Kier alpha value is -0.890. The predicted octanol–water partition coefficient (Wildman–Crippen LogP) is 2.10. The second-order valence-electron chi connectivity index (χ2n) is 4.50. The minimum Gasteiger partial charge on any atom is -0.310 e. The number of alkyl halides is 1. The summed E-state index contributed by atoms with van der Waals surface area (Å²) in [4.78, 5) is 0. The molecule has 1 heterocycles. The summed E-state index contributed by atoms with van der Waals surface area (Å²) in [5.41, 5.74) is 0.405. The van der Waals surface area contributed by atoms with Gasteiger partial charge in [-0.05, 0) is 17.9 Å². The highest BCUT2D eigenvalue weighted by Crippen LogP contribution is 2.55. The Bertz CT molecular complexity index is 331. The molecule has 2 heteroatoms. The van der Waals surface area contributed by atoms with Crippen molar-refractivity contribution in [2.24, 2.45) is 5.92 Å². The van der Waals surface area contributed by atoms with Gasteiger partial charge in [0.05, 0.1) is 0 Å². The van der Waals surface area contributed by atoms with Gasteiger partial charge in [0, 0.05) is 19.0 Å². The lowest BCUT2D eigenvalue weighted by atomic mass is 9.91. The van der Waals surface area contributed by atoms with Crippen molar-refractivity contribution < 1.29 is 4.39 Å². The molecule has 2 atom stereocenters. The maximum atomic E-state index is 14.0. The topological polar surface area (TPSA) is 12.0 Å². The smallest absolute Gasteiger partial charge is 0.139 e. The Morgan fingerprint density at radius 3 is 2.50 bits per heavy atom. The fraction of sp³-hybridized carbons (Fsp3) is 0.500. The molecule has 1 N–H and O–H groups in total. The maximum absolute atomic E-state index is 14.0. The highest BCUT2D eigenvalue weighted by Gasteiger charge is 2.56. The second-order valence-corrected chi connectivity index (χ2v) is 4.50. The van der Waals surface area contributed by atoms with E-state index in [2.05, 4.69) is 17.4 Å². The van der Waals surface area contributed by atoms with Crippen LogP contribution in [0.4, 0.5) is 4.39 Å². The third-order valence-corrected chi connectivity index (χ3v) is 3.52. The van der Waals surface area contributed by atoms with Crippen LogP contribution in [0, 0.1) is 5.92 Å². The van der Waals surface area contributed by atoms with Gasteiger partial charge >= 0.3 is 0 Å². The highest BCUT2D eigenvalue weighted by atomic mass is 19.1. The van der Waals surface area contributed by atoms with Gasteiger partial charge in [0.25, 0.3) is 0 Å². The summed E-state index contributed by atoms with van der Waals surface area (Å²) in [6, 6.07) is 10.3. The Balaban J connectivity index is 1.74. The van der Waals surface area contributed by atoms with E-state index in [1.807, 2.05) is 18.2 Å². The van der Waals surface area contributed by atoms with E-state index in [1.54, 1.807) is 0 Å². The van der Waals surface area contributed by atoms with Crippen molar-refractivity contribution in [1.82, 2.24) is 5.32 Å². The zero-order valence-corrected chi connectivity index (χ0v) is 8.04. The van der Waals surface area contributed by atoms with E-state index in [9.17, 15) is 4.39 Å². The number of hydrogen-bond donors (Lipinski definition) is 1. The molecule has 0 aromatic heterocycles. The first kappa shape index (κ1) is 8.42. The fourth-order valence-corrected chi connectivity index (χ4v) is 2.46. The quantitative estimate of drug-likeness (QED) is 0.755. The fourth-order valence-electron chi connectivity index (χ4n) is 2.46. The molecule has 1 saturated carbocycles. The second kappa shape index (κ2) is 2.80. The first-order valence-electron chi connectivity index (χ1n) is 5.24. The van der Waals surface area contributed by atoms with Gasteiger partial charge in [-0.2, -0.15) is 0 Å². The number of benzene rings is 1. The molecule has 0 radical (unpaired) electrons. The van der Waals surface area contributed by atoms with Crippen molar-refractivity contribution in [3.63, 3.8) is 0 Å². The molecule has 1 aliphatic carbocycles. The van der Waals surface area contributed by atoms with Crippen LogP contribution in [-0.4, -0.2) is 18.8 Å². The summed E-state index contributed by atoms with van der Waals surface area (Å²) in [7, 11) is 0. The standard InChI is InChI=1S/C12H14FN/c13-12(7-14-8-12)11-6-10(11)9-4-2-1-3-5-9/h1-5,10-11,14H,6-8H2. The lowest BCUT2D eigenvalue weighted by molar-refractivity contribution is 0.0632. The third kappa shape index (κ3) is 1.17. The van der Waals surface area contributed by atoms with Crippen LogP contribution in [0.2, 0.25) is 0 Å². The molecule has 0 spiro atoms. The maximum Gasteiger partial charge on any atom is 0.139 e. The van der Waals surface area contributed by atoms with E-state index in [-0.39, 0.29) is 5.92 Å². The van der Waals surface area contributed by atoms with Gasteiger partial charge in [-0.25, -0.2) is 4.39 Å². The van der Waals surface area contributed by atoms with Crippen molar-refractivity contribution in [2.45, 2.75) is 18.0 Å². The highest BCUT2D eigenvalue weighted by molar-refractivity contribution is 5.29. The summed E-state index contributed by atoms with van der Waals surface area (Å²) in [6.07, 6.45) is 1.03. The molecule has 74 valence electrons. The molecule has 2 fully saturated rings. The molecule has 1 aliphatic heterocycles. The van der Waals surface area contributed by atoms with Crippen LogP contribution in [-0.2, 0) is 0 Å². The van der Waals surface area contributed by atoms with Gasteiger partial charge < -0.3 is 5.32 Å². The summed E-state index contributed by atoms with van der Waals surface area (Å²) in [6.45, 7) is 1.11. The Morgan fingerprint density at radius 1 is 1.21 bits per heavy atom. The predicted molar refractivity (Wildman–Crippen MR) is 54.0 cm³/mol. The van der Waals surface area contributed by atoms with E-state index < -0.39 is 5.67 Å². The zero-order valence-electron chi connectivity index (χ0n) is 8.04. The Kier molecular flexibility index (Phi) is 1.68. The molecule has 1 aromatic carbocycles. The van der Waals surface area contributed by atoms with Crippen LogP contribution in [0.5, 0.6) is 0 Å². The van der Waals surface area contributed by atoms with E-state index in [4.69, 9.17) is 0 Å². The average Bonchev–Trinajstić information content (AvgIpc) is 2.95. The van der Waals surface area contributed by atoms with Crippen molar-refractivity contribution in [3.8, 4) is 0 Å². The normalized spacial score (nSPS) is 33.5. The number of nitrogens with one attached hydrogen (secondary N) is 1. The lowest BCUT2D eigenvalue weighted by Gasteiger charge is -2.35. The molecular formula is C12H14FN. The van der Waals surface area contributed by atoms with Crippen molar-refractivity contribution in [2.75, 3.05) is 13.1 Å². The van der Waals surface area contributed by atoms with Crippen LogP contribution in [0.15, 0.2) is 30.3 Å². The number of rotatable bonds is 2. The minimum absolute atomic E-state index is 0.270. The van der Waals surface area contributed by atoms with Gasteiger partial charge in [0.2, 0.25) is 0 Å². The summed E-state index contributed by atoms with van der Waals surface area (Å²) < 4.78 is 14.0. The molecule has 0 amide bonds. The average molecular weight is 191 g/mol. The molecule has 1 aromatic rings. The zero-order chi connectivity index (χ0) is 9.60. The van der Waals surface area contributed by atoms with Crippen LogP contribution in [0.25, 0.3) is 0 Å². The third-order valence-electron chi connectivity index (χ3n) is 3.52. The van der Waals surface area contributed by atoms with Crippen LogP contribution >= 0.6 is 0 Å². The van der Waals surface area contributed by atoms with Gasteiger partial charge in [-0.1, -0.05) is 30.3 Å². The van der Waals surface area contributed by atoms with E-state index in [0.717, 1.165) is 6.42 Å². The van der Waals surface area contributed by atoms with Crippen LogP contribution < -0.4 is 5.32 Å². The van der Waals surface area contributed by atoms with E-state index >= 15 is 0 Å². The number of hydrogen-bond acceptors (Lipinski definition) is 1. The van der Waals surface area contributed by atoms with Crippen LogP contribution in [0.1, 0.15) is 17.9 Å². The van der Waals surface area contributed by atoms with Gasteiger partial charge in [-0.3, -0.25) is 0 Å². The molecular weight excluding hydrogens is 177 g/mol. The monoisotopic (exact) mass is 191 g/mol. The SMILES string of the molecule is FC1(C2CC2c2ccccc2)CNC1. The Morgan fingerprint density at radius 2 is 1.93 bits per heavy atom. The van der Waals surface area contributed by atoms with Gasteiger partial charge in [0.1, 0.15) is 5.67 Å². The molecule has 2 unspecified atom stereocenters. The molecule has 3 rings (SSSR count). The molecule has 1 nitrogen and oxygen atoms in total. The lowest BCUT2D eigenvalue weighted by Crippen LogP contribution is -2.58. The summed E-state index contributed by atoms with van der Waals surface area (Å²) in [5, 5.41) is 3.02. The van der Waals surface area contributed by atoms with Crippen molar-refractivity contribution in [1.29, 1.82) is 0 Å². The van der Waals surface area contributed by atoms with Crippen molar-refractivity contribution >= 4 is 0 Å².